The van der Waals surface area contributed by atoms with Crippen molar-refractivity contribution in [3.05, 3.63) is 35.9 Å². The molecule has 1 aromatic carbocycles. The fraction of sp³-hybridized carbons (Fsp3) is 0.111. The number of rotatable bonds is 1. The van der Waals surface area contributed by atoms with Crippen LogP contribution in [0.1, 0.15) is 17.3 Å². The first kappa shape index (κ1) is 19.9. The standard InChI is InChI=1S/C7H6O2.C2H4O2.2Zn/c8-7(9)6-4-2-1-3-5-6;1-2(3)4;;/h1-5H,(H,8,9);1H3,(H,3,4);;/q;;2*+2/p-2. The summed E-state index contributed by atoms with van der Waals surface area (Å²) in [6.07, 6.45) is 0. The topological polar surface area (TPSA) is 80.3 Å². The predicted molar refractivity (Wildman–Crippen MR) is 41.5 cm³/mol. The molecule has 0 heterocycles. The molecule has 0 aliphatic rings. The van der Waals surface area contributed by atoms with Crippen LogP contribution in [-0.4, -0.2) is 11.9 Å². The monoisotopic (exact) mass is 308 g/mol. The second-order valence-corrected chi connectivity index (χ2v) is 2.15. The number of hydrogen-bond acceptors (Lipinski definition) is 4. The Bertz CT molecular complexity index is 283. The molecule has 4 nitrogen and oxygen atoms in total. The fourth-order valence-electron chi connectivity index (χ4n) is 0.574. The Balaban J connectivity index is -0.000000213. The van der Waals surface area contributed by atoms with Crippen molar-refractivity contribution in [3.8, 4) is 0 Å². The van der Waals surface area contributed by atoms with Gasteiger partial charge in [-0.2, -0.15) is 0 Å². The van der Waals surface area contributed by atoms with E-state index >= 15 is 0 Å². The maximum absolute atomic E-state index is 10.1. The van der Waals surface area contributed by atoms with Crippen LogP contribution in [0.25, 0.3) is 0 Å². The number of hydrogen-bond donors (Lipinski definition) is 0. The molecule has 0 saturated heterocycles. The number of benzene rings is 1. The van der Waals surface area contributed by atoms with E-state index in [0.29, 0.717) is 0 Å². The van der Waals surface area contributed by atoms with Crippen molar-refractivity contribution >= 4 is 11.9 Å². The van der Waals surface area contributed by atoms with Gasteiger partial charge in [0.25, 0.3) is 0 Å². The van der Waals surface area contributed by atoms with Gasteiger partial charge >= 0.3 is 39.0 Å². The maximum Gasteiger partial charge on any atom is 2.00 e. The van der Waals surface area contributed by atoms with E-state index in [1.807, 2.05) is 0 Å². The van der Waals surface area contributed by atoms with Crippen LogP contribution < -0.4 is 10.2 Å². The Morgan fingerprint density at radius 1 is 1.00 bits per heavy atom. The van der Waals surface area contributed by atoms with E-state index in [2.05, 4.69) is 0 Å². The molecule has 0 atom stereocenters. The van der Waals surface area contributed by atoms with E-state index in [9.17, 15) is 9.90 Å². The number of carbonyl (C=O) groups is 2. The summed E-state index contributed by atoms with van der Waals surface area (Å²) in [4.78, 5) is 19.0. The molecule has 0 aliphatic heterocycles. The minimum Gasteiger partial charge on any atom is -0.550 e. The molecule has 0 bridgehead atoms. The molecule has 0 saturated carbocycles. The molecular weight excluding hydrogens is 303 g/mol. The van der Waals surface area contributed by atoms with E-state index in [1.54, 1.807) is 18.2 Å². The number of carboxylic acids is 2. The Morgan fingerprint density at radius 3 is 1.53 bits per heavy atom. The SMILES string of the molecule is CC(=O)[O-].O=C([O-])c1ccccc1.[Zn+2].[Zn+2]. The third-order valence-electron chi connectivity index (χ3n) is 1.01. The third-order valence-corrected chi connectivity index (χ3v) is 1.01. The van der Waals surface area contributed by atoms with Gasteiger partial charge in [-0.3, -0.25) is 0 Å². The molecule has 6 heteroatoms. The zero-order chi connectivity index (χ0) is 10.3. The van der Waals surface area contributed by atoms with Gasteiger partial charge in [0.05, 0.1) is 5.97 Å². The van der Waals surface area contributed by atoms with Crippen molar-refractivity contribution < 1.29 is 58.8 Å². The number of carbonyl (C=O) groups excluding carboxylic acids is 2. The quantitative estimate of drug-likeness (QED) is 0.610. The van der Waals surface area contributed by atoms with Gasteiger partial charge in [-0.25, -0.2) is 0 Å². The van der Waals surface area contributed by atoms with Crippen LogP contribution in [0.5, 0.6) is 0 Å². The van der Waals surface area contributed by atoms with Crippen molar-refractivity contribution in [3.63, 3.8) is 0 Å². The van der Waals surface area contributed by atoms with E-state index in [-0.39, 0.29) is 44.5 Å². The van der Waals surface area contributed by atoms with Gasteiger partial charge in [-0.1, -0.05) is 30.3 Å². The fourth-order valence-corrected chi connectivity index (χ4v) is 0.574. The van der Waals surface area contributed by atoms with Gasteiger partial charge in [0.2, 0.25) is 0 Å². The first-order valence-corrected chi connectivity index (χ1v) is 3.48. The average Bonchev–Trinajstić information content (AvgIpc) is 2.05. The molecule has 0 fully saturated rings. The molecule has 0 N–H and O–H groups in total. The smallest absolute Gasteiger partial charge is 0.550 e. The van der Waals surface area contributed by atoms with Crippen LogP contribution in [-0.2, 0) is 43.8 Å². The predicted octanol–water partition coefficient (Wildman–Crippen LogP) is -1.20. The van der Waals surface area contributed by atoms with Gasteiger partial charge in [0.15, 0.2) is 0 Å². The Hall–Kier alpha value is -0.593. The van der Waals surface area contributed by atoms with Crippen LogP contribution in [0, 0.1) is 0 Å². The summed E-state index contributed by atoms with van der Waals surface area (Å²) < 4.78 is 0. The van der Waals surface area contributed by atoms with E-state index in [4.69, 9.17) is 9.90 Å². The summed E-state index contributed by atoms with van der Waals surface area (Å²) in [6, 6.07) is 8.06. The van der Waals surface area contributed by atoms with E-state index in [0.717, 1.165) is 6.92 Å². The first-order valence-electron chi connectivity index (χ1n) is 3.48. The minimum atomic E-state index is -1.13. The molecular formula is C9H8O4Zn2+2. The van der Waals surface area contributed by atoms with Crippen molar-refractivity contribution in [2.45, 2.75) is 6.92 Å². The Morgan fingerprint density at radius 2 is 1.33 bits per heavy atom. The van der Waals surface area contributed by atoms with Gasteiger partial charge in [-0.15, -0.1) is 0 Å². The molecule has 15 heavy (non-hydrogen) atoms. The molecule has 0 aromatic heterocycles. The molecule has 0 aliphatic carbocycles. The average molecular weight is 311 g/mol. The largest absolute Gasteiger partial charge is 2.00 e. The van der Waals surface area contributed by atoms with E-state index in [1.165, 1.54) is 12.1 Å². The molecule has 0 amide bonds. The zero-order valence-electron chi connectivity index (χ0n) is 8.43. The van der Waals surface area contributed by atoms with Crippen LogP contribution in [0.15, 0.2) is 30.3 Å². The van der Waals surface area contributed by atoms with Gasteiger partial charge in [0.1, 0.15) is 0 Å². The number of aliphatic carboxylic acids is 1. The van der Waals surface area contributed by atoms with Gasteiger partial charge < -0.3 is 19.8 Å². The molecule has 0 spiro atoms. The van der Waals surface area contributed by atoms with Gasteiger partial charge in [0, 0.05) is 5.97 Å². The van der Waals surface area contributed by atoms with Crippen LogP contribution in [0.2, 0.25) is 0 Å². The number of carboxylic acid groups (broad SMARTS) is 2. The Labute approximate surface area is 113 Å². The molecule has 0 radical (unpaired) electrons. The van der Waals surface area contributed by atoms with Crippen LogP contribution >= 0.6 is 0 Å². The normalized spacial score (nSPS) is 7.00. The van der Waals surface area contributed by atoms with Crippen molar-refractivity contribution in [1.29, 1.82) is 0 Å². The molecule has 1 aromatic rings. The summed E-state index contributed by atoms with van der Waals surface area (Å²) in [5, 5.41) is 19.0. The summed E-state index contributed by atoms with van der Waals surface area (Å²) >= 11 is 0. The second-order valence-electron chi connectivity index (χ2n) is 2.15. The van der Waals surface area contributed by atoms with Gasteiger partial charge in [-0.05, 0) is 12.5 Å². The van der Waals surface area contributed by atoms with Crippen molar-refractivity contribution in [1.82, 2.24) is 0 Å². The van der Waals surface area contributed by atoms with E-state index < -0.39 is 11.9 Å². The second kappa shape index (κ2) is 11.5. The summed E-state index contributed by atoms with van der Waals surface area (Å²) in [5.41, 5.74) is 0.220. The molecule has 0 unspecified atom stereocenters. The first-order chi connectivity index (χ1) is 6.04. The number of aromatic carboxylic acids is 1. The summed E-state index contributed by atoms with van der Waals surface area (Å²) in [6.45, 7) is 0.972. The molecule has 1 rings (SSSR count). The molecule has 70 valence electrons. The Kier molecular flexibility index (Phi) is 15.2. The van der Waals surface area contributed by atoms with Crippen LogP contribution in [0.4, 0.5) is 0 Å². The maximum atomic E-state index is 10.1. The van der Waals surface area contributed by atoms with Crippen molar-refractivity contribution in [2.75, 3.05) is 0 Å². The zero-order valence-corrected chi connectivity index (χ0v) is 14.4. The minimum absolute atomic E-state index is 0. The summed E-state index contributed by atoms with van der Waals surface area (Å²) in [7, 11) is 0. The van der Waals surface area contributed by atoms with Crippen molar-refractivity contribution in [2.24, 2.45) is 0 Å². The van der Waals surface area contributed by atoms with Crippen LogP contribution in [0.3, 0.4) is 0 Å². The summed E-state index contributed by atoms with van der Waals surface area (Å²) in [5.74, 6) is -2.21. The third kappa shape index (κ3) is 13.4.